The average molecular weight is 430 g/mol. The lowest BCUT2D eigenvalue weighted by Gasteiger charge is -2.13. The zero-order valence-corrected chi connectivity index (χ0v) is 17.2. The summed E-state index contributed by atoms with van der Waals surface area (Å²) >= 11 is 0. The second-order valence-corrected chi connectivity index (χ2v) is 8.13. The number of aromatic nitrogens is 2. The first kappa shape index (κ1) is 21.3. The summed E-state index contributed by atoms with van der Waals surface area (Å²) in [7, 11) is -2.05. The minimum absolute atomic E-state index is 0.101. The van der Waals surface area contributed by atoms with Gasteiger partial charge in [0.1, 0.15) is 12.4 Å². The quantitative estimate of drug-likeness (QED) is 0.435. The van der Waals surface area contributed by atoms with Gasteiger partial charge in [-0.3, -0.25) is 0 Å². The maximum Gasteiger partial charge on any atom is 0.240 e. The molecule has 0 spiro atoms. The summed E-state index contributed by atoms with van der Waals surface area (Å²) in [5, 5.41) is 0. The Labute approximate surface area is 175 Å². The fraction of sp³-hybridized carbons (Fsp3) is 0.200. The molecule has 0 radical (unpaired) electrons. The van der Waals surface area contributed by atoms with Crippen LogP contribution in [-0.2, 0) is 16.4 Å². The van der Waals surface area contributed by atoms with Crippen LogP contribution in [0.15, 0.2) is 59.6 Å². The molecule has 0 amide bonds. The number of nitrogens with two attached hydrogens (primary N) is 2. The zero-order valence-electron chi connectivity index (χ0n) is 16.4. The molecule has 30 heavy (non-hydrogen) atoms. The van der Waals surface area contributed by atoms with Crippen molar-refractivity contribution in [1.82, 2.24) is 14.7 Å². The lowest BCUT2D eigenvalue weighted by molar-refractivity contribution is 0.298. The van der Waals surface area contributed by atoms with E-state index in [0.29, 0.717) is 23.7 Å². The summed E-state index contributed by atoms with van der Waals surface area (Å²) in [4.78, 5) is 8.13. The van der Waals surface area contributed by atoms with Gasteiger partial charge in [0.2, 0.25) is 16.0 Å². The topological polar surface area (TPSA) is 142 Å². The van der Waals surface area contributed by atoms with E-state index in [2.05, 4.69) is 14.7 Å². The van der Waals surface area contributed by atoms with E-state index in [1.807, 2.05) is 6.07 Å². The Morgan fingerprint density at radius 3 is 2.53 bits per heavy atom. The van der Waals surface area contributed by atoms with Gasteiger partial charge in [-0.2, -0.15) is 4.98 Å². The number of sulfonamides is 1. The summed E-state index contributed by atoms with van der Waals surface area (Å²) in [5.41, 5.74) is 13.1. The van der Waals surface area contributed by atoms with Gasteiger partial charge in [0.05, 0.1) is 12.0 Å². The first-order chi connectivity index (χ1) is 14.4. The van der Waals surface area contributed by atoms with Crippen molar-refractivity contribution < 1.29 is 17.9 Å². The molecule has 0 saturated carbocycles. The minimum atomic E-state index is -3.59. The molecule has 10 heteroatoms. The molecular weight excluding hydrogens is 406 g/mol. The standard InChI is InChI=1S/C20H23N5O4S/c1-28-17-8-7-14(11-15-13-23-20(22)25-19(15)21)12-18(17)29-10-9-24-30(26,27)16-5-3-2-4-6-16/h2-8,12-13,24H,9-11H2,1H3,(H4,21,22,23,25). The smallest absolute Gasteiger partial charge is 0.240 e. The Balaban J connectivity index is 1.64. The molecule has 1 heterocycles. The number of ether oxygens (including phenoxy) is 2. The monoisotopic (exact) mass is 429 g/mol. The molecule has 2 aromatic carbocycles. The summed E-state index contributed by atoms with van der Waals surface area (Å²) in [5.74, 6) is 1.46. The van der Waals surface area contributed by atoms with Crippen molar-refractivity contribution in [1.29, 1.82) is 0 Å². The van der Waals surface area contributed by atoms with Crippen molar-refractivity contribution in [2.75, 3.05) is 31.7 Å². The van der Waals surface area contributed by atoms with E-state index in [-0.39, 0.29) is 24.0 Å². The van der Waals surface area contributed by atoms with Crippen molar-refractivity contribution in [3.63, 3.8) is 0 Å². The summed E-state index contributed by atoms with van der Waals surface area (Å²) in [6, 6.07) is 13.6. The lowest BCUT2D eigenvalue weighted by Crippen LogP contribution is -2.28. The van der Waals surface area contributed by atoms with Gasteiger partial charge in [0.25, 0.3) is 0 Å². The number of anilines is 2. The molecule has 0 unspecified atom stereocenters. The SMILES string of the molecule is COc1ccc(Cc2cnc(N)nc2N)cc1OCCNS(=O)(=O)c1ccccc1. The van der Waals surface area contributed by atoms with Crippen molar-refractivity contribution in [3.05, 3.63) is 65.9 Å². The van der Waals surface area contributed by atoms with E-state index in [1.165, 1.54) is 19.2 Å². The number of hydrogen-bond acceptors (Lipinski definition) is 8. The molecule has 1 aromatic heterocycles. The number of nitrogen functional groups attached to an aromatic ring is 2. The second-order valence-electron chi connectivity index (χ2n) is 6.36. The van der Waals surface area contributed by atoms with Crippen molar-refractivity contribution >= 4 is 21.8 Å². The Morgan fingerprint density at radius 2 is 1.83 bits per heavy atom. The van der Waals surface area contributed by atoms with Gasteiger partial charge in [0.15, 0.2) is 11.5 Å². The highest BCUT2D eigenvalue weighted by atomic mass is 32.2. The van der Waals surface area contributed by atoms with Gasteiger partial charge in [-0.15, -0.1) is 0 Å². The second kappa shape index (κ2) is 9.42. The maximum absolute atomic E-state index is 12.3. The summed E-state index contributed by atoms with van der Waals surface area (Å²) < 4.78 is 38.1. The van der Waals surface area contributed by atoms with Crippen molar-refractivity contribution in [3.8, 4) is 11.5 Å². The summed E-state index contributed by atoms with van der Waals surface area (Å²) in [6.45, 7) is 0.225. The van der Waals surface area contributed by atoms with Crippen molar-refractivity contribution in [2.24, 2.45) is 0 Å². The van der Waals surface area contributed by atoms with Crippen LogP contribution in [0.3, 0.4) is 0 Å². The summed E-state index contributed by atoms with van der Waals surface area (Å²) in [6.07, 6.45) is 2.06. The van der Waals surface area contributed by atoms with Crippen LogP contribution in [0.4, 0.5) is 11.8 Å². The normalized spacial score (nSPS) is 11.2. The van der Waals surface area contributed by atoms with E-state index in [1.54, 1.807) is 36.5 Å². The van der Waals surface area contributed by atoms with E-state index in [0.717, 1.165) is 11.1 Å². The largest absolute Gasteiger partial charge is 0.493 e. The van der Waals surface area contributed by atoms with Gasteiger partial charge < -0.3 is 20.9 Å². The molecule has 0 bridgehead atoms. The highest BCUT2D eigenvalue weighted by Gasteiger charge is 2.13. The number of rotatable bonds is 9. The third kappa shape index (κ3) is 5.37. The Morgan fingerprint density at radius 1 is 1.07 bits per heavy atom. The predicted octanol–water partition coefficient (Wildman–Crippen LogP) is 1.60. The van der Waals surface area contributed by atoms with Crippen LogP contribution in [-0.4, -0.2) is 38.6 Å². The third-order valence-corrected chi connectivity index (χ3v) is 5.72. The zero-order chi connectivity index (χ0) is 21.6. The average Bonchev–Trinajstić information content (AvgIpc) is 2.74. The molecule has 0 fully saturated rings. The van der Waals surface area contributed by atoms with E-state index >= 15 is 0 Å². The Hall–Kier alpha value is -3.37. The highest BCUT2D eigenvalue weighted by molar-refractivity contribution is 7.89. The maximum atomic E-state index is 12.3. The number of nitrogens with zero attached hydrogens (tertiary/aromatic N) is 2. The Bertz CT molecular complexity index is 1110. The van der Waals surface area contributed by atoms with Gasteiger partial charge in [-0.25, -0.2) is 18.1 Å². The van der Waals surface area contributed by atoms with Crippen molar-refractivity contribution in [2.45, 2.75) is 11.3 Å². The molecule has 0 aliphatic rings. The number of hydrogen-bond donors (Lipinski definition) is 3. The number of nitrogens with one attached hydrogen (secondary N) is 1. The number of methoxy groups -OCH3 is 1. The molecule has 3 rings (SSSR count). The molecule has 0 atom stereocenters. The molecular formula is C20H23N5O4S. The van der Waals surface area contributed by atoms with E-state index in [9.17, 15) is 8.42 Å². The number of benzene rings is 2. The molecule has 0 aliphatic carbocycles. The van der Waals surface area contributed by atoms with Gasteiger partial charge in [-0.05, 0) is 29.8 Å². The van der Waals surface area contributed by atoms with Crippen LogP contribution in [0.25, 0.3) is 0 Å². The van der Waals surface area contributed by atoms with Gasteiger partial charge in [-0.1, -0.05) is 24.3 Å². The van der Waals surface area contributed by atoms with Gasteiger partial charge >= 0.3 is 0 Å². The fourth-order valence-electron chi connectivity index (χ4n) is 2.75. The van der Waals surface area contributed by atoms with Crippen LogP contribution in [0.1, 0.15) is 11.1 Å². The van der Waals surface area contributed by atoms with Crippen LogP contribution >= 0.6 is 0 Å². The van der Waals surface area contributed by atoms with Crippen LogP contribution in [0.2, 0.25) is 0 Å². The minimum Gasteiger partial charge on any atom is -0.493 e. The van der Waals surface area contributed by atoms with E-state index in [4.69, 9.17) is 20.9 Å². The molecule has 158 valence electrons. The molecule has 3 aromatic rings. The predicted molar refractivity (Wildman–Crippen MR) is 114 cm³/mol. The van der Waals surface area contributed by atoms with Crippen LogP contribution in [0.5, 0.6) is 11.5 Å². The lowest BCUT2D eigenvalue weighted by atomic mass is 10.1. The fourth-order valence-corrected chi connectivity index (χ4v) is 3.79. The van der Waals surface area contributed by atoms with Gasteiger partial charge in [0, 0.05) is 24.7 Å². The Kier molecular flexibility index (Phi) is 6.70. The molecule has 9 nitrogen and oxygen atoms in total. The molecule has 0 saturated heterocycles. The van der Waals surface area contributed by atoms with Crippen LogP contribution < -0.4 is 25.7 Å². The third-order valence-electron chi connectivity index (χ3n) is 4.24. The molecule has 0 aliphatic heterocycles. The first-order valence-electron chi connectivity index (χ1n) is 9.10. The first-order valence-corrected chi connectivity index (χ1v) is 10.6. The van der Waals surface area contributed by atoms with E-state index < -0.39 is 10.0 Å². The van der Waals surface area contributed by atoms with Crippen LogP contribution in [0, 0.1) is 0 Å². The highest BCUT2D eigenvalue weighted by Crippen LogP contribution is 2.29. The molecule has 5 N–H and O–H groups in total.